The Balaban J connectivity index is 1.68. The van der Waals surface area contributed by atoms with E-state index in [9.17, 15) is 4.79 Å². The zero-order valence-electron chi connectivity index (χ0n) is 17.8. The van der Waals surface area contributed by atoms with Crippen LogP contribution in [0.3, 0.4) is 0 Å². The van der Waals surface area contributed by atoms with Gasteiger partial charge in [0.05, 0.1) is 6.10 Å². The Hall–Kier alpha value is -2.08. The van der Waals surface area contributed by atoms with Crippen molar-refractivity contribution in [2.75, 3.05) is 26.7 Å². The van der Waals surface area contributed by atoms with Gasteiger partial charge in [0.1, 0.15) is 0 Å². The number of carbonyl (C=O) groups is 1. The predicted molar refractivity (Wildman–Crippen MR) is 114 cm³/mol. The number of carbonyl (C=O) groups excluding carboxylic acids is 1. The van der Waals surface area contributed by atoms with Crippen molar-refractivity contribution in [2.45, 2.75) is 52.7 Å². The van der Waals surface area contributed by atoms with E-state index in [0.29, 0.717) is 25.4 Å². The second kappa shape index (κ2) is 11.1. The molecule has 156 valence electrons. The summed E-state index contributed by atoms with van der Waals surface area (Å²) < 4.78 is 6.04. The van der Waals surface area contributed by atoms with Gasteiger partial charge in [-0.05, 0) is 23.8 Å². The van der Waals surface area contributed by atoms with Crippen LogP contribution < -0.4 is 16.0 Å². The van der Waals surface area contributed by atoms with Crippen LogP contribution >= 0.6 is 0 Å². The van der Waals surface area contributed by atoms with Gasteiger partial charge in [-0.15, -0.1) is 0 Å². The number of benzene rings is 1. The zero-order chi connectivity index (χ0) is 20.4. The second-order valence-corrected chi connectivity index (χ2v) is 8.45. The smallest absolute Gasteiger partial charge is 0.222 e. The van der Waals surface area contributed by atoms with Crippen molar-refractivity contribution in [1.29, 1.82) is 0 Å². The highest BCUT2D eigenvalue weighted by Crippen LogP contribution is 2.33. The molecule has 0 saturated carbocycles. The number of nitrogens with zero attached hydrogens (tertiary/aromatic N) is 1. The molecule has 2 rings (SSSR count). The van der Waals surface area contributed by atoms with Crippen molar-refractivity contribution in [3.63, 3.8) is 0 Å². The minimum absolute atomic E-state index is 0.0280. The van der Waals surface area contributed by atoms with Crippen LogP contribution in [0.4, 0.5) is 0 Å². The highest BCUT2D eigenvalue weighted by Gasteiger charge is 2.35. The van der Waals surface area contributed by atoms with Crippen LogP contribution in [-0.2, 0) is 16.1 Å². The maximum atomic E-state index is 12.0. The molecule has 0 aromatic heterocycles. The number of hydrogen-bond acceptors (Lipinski definition) is 3. The summed E-state index contributed by atoms with van der Waals surface area (Å²) in [6.45, 7) is 9.48. The van der Waals surface area contributed by atoms with E-state index in [-0.39, 0.29) is 17.4 Å². The lowest BCUT2D eigenvalue weighted by Gasteiger charge is -2.40. The lowest BCUT2D eigenvalue weighted by molar-refractivity contribution is -0.121. The van der Waals surface area contributed by atoms with Gasteiger partial charge in [-0.25, -0.2) is 0 Å². The molecule has 1 aliphatic rings. The van der Waals surface area contributed by atoms with Crippen molar-refractivity contribution in [3.8, 4) is 0 Å². The van der Waals surface area contributed by atoms with E-state index in [1.807, 2.05) is 30.3 Å². The minimum Gasteiger partial charge on any atom is -0.377 e. The molecular weight excluding hydrogens is 352 g/mol. The lowest BCUT2D eigenvalue weighted by atomic mass is 9.78. The van der Waals surface area contributed by atoms with Crippen molar-refractivity contribution >= 4 is 11.9 Å². The summed E-state index contributed by atoms with van der Waals surface area (Å²) in [5, 5.41) is 9.57. The molecule has 1 aromatic rings. The Morgan fingerprint density at radius 1 is 1.18 bits per heavy atom. The summed E-state index contributed by atoms with van der Waals surface area (Å²) in [6.07, 6.45) is 2.92. The molecule has 0 aliphatic carbocycles. The van der Waals surface area contributed by atoms with Crippen molar-refractivity contribution < 1.29 is 9.53 Å². The maximum absolute atomic E-state index is 12.0. The third-order valence-electron chi connectivity index (χ3n) is 5.03. The summed E-state index contributed by atoms with van der Waals surface area (Å²) in [4.78, 5) is 16.3. The highest BCUT2D eigenvalue weighted by atomic mass is 16.5. The third kappa shape index (κ3) is 7.50. The van der Waals surface area contributed by atoms with Crippen LogP contribution in [0.2, 0.25) is 0 Å². The minimum atomic E-state index is 0.0280. The second-order valence-electron chi connectivity index (χ2n) is 8.45. The molecule has 1 saturated heterocycles. The molecule has 1 amide bonds. The van der Waals surface area contributed by atoms with Gasteiger partial charge in [0.2, 0.25) is 5.91 Å². The Kier molecular flexibility index (Phi) is 8.77. The van der Waals surface area contributed by atoms with Gasteiger partial charge in [0.25, 0.3) is 0 Å². The largest absolute Gasteiger partial charge is 0.377 e. The van der Waals surface area contributed by atoms with E-state index in [4.69, 9.17) is 4.74 Å². The molecule has 6 nitrogen and oxygen atoms in total. The van der Waals surface area contributed by atoms with Crippen LogP contribution in [0.25, 0.3) is 0 Å². The molecule has 0 radical (unpaired) electrons. The molecule has 0 bridgehead atoms. The Labute approximate surface area is 169 Å². The summed E-state index contributed by atoms with van der Waals surface area (Å²) in [5.74, 6) is 1.22. The normalized spacial score (nSPS) is 20.5. The SMILES string of the molecule is CN=C(NCCC(=O)NCc1ccccc1)NCC1CCCOC1C(C)(C)C. The van der Waals surface area contributed by atoms with E-state index in [1.54, 1.807) is 7.05 Å². The van der Waals surface area contributed by atoms with E-state index < -0.39 is 0 Å². The summed E-state index contributed by atoms with van der Waals surface area (Å²) in [6, 6.07) is 9.92. The van der Waals surface area contributed by atoms with Crippen LogP contribution in [0.5, 0.6) is 0 Å². The van der Waals surface area contributed by atoms with Crippen LogP contribution in [0, 0.1) is 11.3 Å². The first-order valence-electron chi connectivity index (χ1n) is 10.3. The van der Waals surface area contributed by atoms with E-state index in [2.05, 4.69) is 41.7 Å². The van der Waals surface area contributed by atoms with Crippen molar-refractivity contribution in [3.05, 3.63) is 35.9 Å². The van der Waals surface area contributed by atoms with Gasteiger partial charge in [-0.2, -0.15) is 0 Å². The summed E-state index contributed by atoms with van der Waals surface area (Å²) >= 11 is 0. The maximum Gasteiger partial charge on any atom is 0.222 e. The molecule has 6 heteroatoms. The molecule has 28 heavy (non-hydrogen) atoms. The molecule has 2 unspecified atom stereocenters. The number of rotatable bonds is 7. The first-order chi connectivity index (χ1) is 13.4. The number of guanidine groups is 1. The van der Waals surface area contributed by atoms with Crippen LogP contribution in [0.1, 0.15) is 45.6 Å². The zero-order valence-corrected chi connectivity index (χ0v) is 17.8. The summed E-state index contributed by atoms with van der Waals surface area (Å²) in [5.41, 5.74) is 1.23. The lowest BCUT2D eigenvalue weighted by Crippen LogP contribution is -2.47. The first-order valence-corrected chi connectivity index (χ1v) is 10.3. The number of nitrogens with one attached hydrogen (secondary N) is 3. The van der Waals surface area contributed by atoms with Gasteiger partial charge in [-0.3, -0.25) is 9.79 Å². The Morgan fingerprint density at radius 3 is 2.61 bits per heavy atom. The third-order valence-corrected chi connectivity index (χ3v) is 5.03. The molecule has 2 atom stereocenters. The fraction of sp³-hybridized carbons (Fsp3) is 0.636. The topological polar surface area (TPSA) is 74.8 Å². The first kappa shape index (κ1) is 22.2. The van der Waals surface area contributed by atoms with Crippen LogP contribution in [-0.4, -0.2) is 44.7 Å². The number of ether oxygens (including phenoxy) is 1. The molecule has 1 aromatic carbocycles. The number of aliphatic imine (C=N–C) groups is 1. The highest BCUT2D eigenvalue weighted by molar-refractivity contribution is 5.81. The molecule has 0 spiro atoms. The average Bonchev–Trinajstić information content (AvgIpc) is 2.69. The number of amides is 1. The molecule has 1 heterocycles. The van der Waals surface area contributed by atoms with Gasteiger partial charge >= 0.3 is 0 Å². The quantitative estimate of drug-likeness (QED) is 0.496. The van der Waals surface area contributed by atoms with Gasteiger partial charge in [0.15, 0.2) is 5.96 Å². The Morgan fingerprint density at radius 2 is 1.93 bits per heavy atom. The van der Waals surface area contributed by atoms with E-state index in [0.717, 1.165) is 37.5 Å². The van der Waals surface area contributed by atoms with E-state index in [1.165, 1.54) is 0 Å². The van der Waals surface area contributed by atoms with Crippen molar-refractivity contribution in [1.82, 2.24) is 16.0 Å². The van der Waals surface area contributed by atoms with E-state index >= 15 is 0 Å². The Bertz CT molecular complexity index is 625. The summed E-state index contributed by atoms with van der Waals surface area (Å²) in [7, 11) is 1.75. The predicted octanol–water partition coefficient (Wildman–Crippen LogP) is 2.70. The molecule has 1 fully saturated rings. The van der Waals surface area contributed by atoms with Gasteiger partial charge in [-0.1, -0.05) is 51.1 Å². The van der Waals surface area contributed by atoms with Gasteiger partial charge in [0, 0.05) is 45.6 Å². The fourth-order valence-corrected chi connectivity index (χ4v) is 3.64. The molecule has 3 N–H and O–H groups in total. The standard InChI is InChI=1S/C22H36N4O2/c1-22(2,3)20-18(11-8-14-28-20)16-26-21(23-4)24-13-12-19(27)25-15-17-9-6-5-7-10-17/h5-7,9-10,18,20H,8,11-16H2,1-4H3,(H,25,27)(H2,23,24,26). The van der Waals surface area contributed by atoms with Gasteiger partial charge < -0.3 is 20.7 Å². The molecule has 1 aliphatic heterocycles. The fourth-order valence-electron chi connectivity index (χ4n) is 3.64. The molecular formula is C22H36N4O2. The van der Waals surface area contributed by atoms with Crippen LogP contribution in [0.15, 0.2) is 35.3 Å². The van der Waals surface area contributed by atoms with Crippen molar-refractivity contribution in [2.24, 2.45) is 16.3 Å². The number of hydrogen-bond donors (Lipinski definition) is 3. The monoisotopic (exact) mass is 388 g/mol. The average molecular weight is 389 g/mol.